The second-order valence-electron chi connectivity index (χ2n) is 7.98. The van der Waals surface area contributed by atoms with Crippen LogP contribution >= 0.6 is 23.5 Å². The minimum Gasteiger partial charge on any atom is -0.313 e. The van der Waals surface area contributed by atoms with E-state index in [2.05, 4.69) is 35.8 Å². The molecule has 1 aliphatic heterocycles. The minimum absolute atomic E-state index is 0.682. The van der Waals surface area contributed by atoms with E-state index >= 15 is 0 Å². The van der Waals surface area contributed by atoms with Crippen molar-refractivity contribution in [2.75, 3.05) is 23.8 Å². The van der Waals surface area contributed by atoms with Crippen LogP contribution in [0, 0.1) is 23.2 Å². The molecule has 0 aromatic rings. The fourth-order valence-electron chi connectivity index (χ4n) is 5.89. The van der Waals surface area contributed by atoms with Gasteiger partial charge in [0, 0.05) is 35.1 Å². The van der Waals surface area contributed by atoms with E-state index < -0.39 is 0 Å². The zero-order valence-electron chi connectivity index (χ0n) is 12.8. The van der Waals surface area contributed by atoms with Crippen molar-refractivity contribution >= 4 is 23.5 Å². The van der Waals surface area contributed by atoms with E-state index in [4.69, 9.17) is 0 Å². The molecule has 0 aromatic heterocycles. The predicted octanol–water partition coefficient (Wildman–Crippen LogP) is 4.03. The van der Waals surface area contributed by atoms with Crippen LogP contribution < -0.4 is 5.32 Å². The van der Waals surface area contributed by atoms with Crippen molar-refractivity contribution in [3.63, 3.8) is 0 Å². The maximum absolute atomic E-state index is 3.98. The standard InChI is InChI=1S/C17H29NS2/c1-12(18-10-16-11-19-2-3-20-16)17-7-13-4-14(8-17)6-15(5-13)9-17/h12-16,18H,2-11H2,1H3. The number of nitrogens with one attached hydrogen (secondary N) is 1. The first-order chi connectivity index (χ1) is 9.73. The highest BCUT2D eigenvalue weighted by Crippen LogP contribution is 2.61. The second kappa shape index (κ2) is 5.70. The highest BCUT2D eigenvalue weighted by Gasteiger charge is 2.52. The summed E-state index contributed by atoms with van der Waals surface area (Å²) in [6, 6.07) is 0.753. The lowest BCUT2D eigenvalue weighted by atomic mass is 9.48. The molecular weight excluding hydrogens is 282 g/mol. The van der Waals surface area contributed by atoms with Gasteiger partial charge in [0.1, 0.15) is 0 Å². The topological polar surface area (TPSA) is 12.0 Å². The summed E-state index contributed by atoms with van der Waals surface area (Å²) in [5.74, 6) is 7.36. The van der Waals surface area contributed by atoms with Crippen molar-refractivity contribution in [2.45, 2.75) is 56.7 Å². The van der Waals surface area contributed by atoms with Gasteiger partial charge in [-0.15, -0.1) is 0 Å². The van der Waals surface area contributed by atoms with Crippen LogP contribution in [0.3, 0.4) is 0 Å². The summed E-state index contributed by atoms with van der Waals surface area (Å²) in [4.78, 5) is 0. The fraction of sp³-hybridized carbons (Fsp3) is 1.00. The minimum atomic E-state index is 0.682. The third-order valence-electron chi connectivity index (χ3n) is 6.54. The van der Waals surface area contributed by atoms with Gasteiger partial charge in [0.05, 0.1) is 0 Å². The summed E-state index contributed by atoms with van der Waals surface area (Å²) in [5.41, 5.74) is 0.682. The highest BCUT2D eigenvalue weighted by molar-refractivity contribution is 8.06. The lowest BCUT2D eigenvalue weighted by Crippen LogP contribution is -2.55. The van der Waals surface area contributed by atoms with Crippen molar-refractivity contribution in [1.29, 1.82) is 0 Å². The number of hydrogen-bond donors (Lipinski definition) is 1. The van der Waals surface area contributed by atoms with Gasteiger partial charge in [0.25, 0.3) is 0 Å². The monoisotopic (exact) mass is 311 g/mol. The largest absolute Gasteiger partial charge is 0.313 e. The normalized spacial score (nSPS) is 48.5. The first-order valence-electron chi connectivity index (χ1n) is 8.66. The van der Waals surface area contributed by atoms with Crippen molar-refractivity contribution in [1.82, 2.24) is 5.32 Å². The SMILES string of the molecule is CC(NCC1CSCCS1)C12CC3CC(CC(C3)C1)C2. The van der Waals surface area contributed by atoms with Crippen LogP contribution in [0.1, 0.15) is 45.4 Å². The van der Waals surface area contributed by atoms with E-state index in [0.29, 0.717) is 5.41 Å². The maximum Gasteiger partial charge on any atom is 0.0263 e. The highest BCUT2D eigenvalue weighted by atomic mass is 32.2. The first kappa shape index (κ1) is 14.3. The van der Waals surface area contributed by atoms with Gasteiger partial charge in [-0.1, -0.05) is 0 Å². The zero-order chi connectivity index (χ0) is 13.6. The average Bonchev–Trinajstić information content (AvgIpc) is 2.44. The molecule has 0 radical (unpaired) electrons. The lowest BCUT2D eigenvalue weighted by molar-refractivity contribution is -0.0702. The Bertz CT molecular complexity index is 316. The molecule has 1 nitrogen and oxygen atoms in total. The van der Waals surface area contributed by atoms with Crippen LogP contribution in [0.2, 0.25) is 0 Å². The predicted molar refractivity (Wildman–Crippen MR) is 91.6 cm³/mol. The van der Waals surface area contributed by atoms with E-state index in [0.717, 1.165) is 29.0 Å². The molecule has 1 saturated heterocycles. The summed E-state index contributed by atoms with van der Waals surface area (Å²) >= 11 is 4.35. The number of rotatable bonds is 4. The fourth-order valence-corrected chi connectivity index (χ4v) is 8.51. The van der Waals surface area contributed by atoms with Crippen LogP contribution in [0.5, 0.6) is 0 Å². The summed E-state index contributed by atoms with van der Waals surface area (Å²) in [7, 11) is 0. The summed E-state index contributed by atoms with van der Waals surface area (Å²) in [5, 5.41) is 4.84. The number of hydrogen-bond acceptors (Lipinski definition) is 3. The van der Waals surface area contributed by atoms with Gasteiger partial charge < -0.3 is 5.32 Å². The third-order valence-corrected chi connectivity index (χ3v) is 9.39. The van der Waals surface area contributed by atoms with Gasteiger partial charge in [-0.2, -0.15) is 23.5 Å². The van der Waals surface area contributed by atoms with E-state index in [1.807, 2.05) is 0 Å². The maximum atomic E-state index is 3.98. The van der Waals surface area contributed by atoms with Crippen molar-refractivity contribution in [3.8, 4) is 0 Å². The molecule has 2 atom stereocenters. The first-order valence-corrected chi connectivity index (χ1v) is 10.9. The molecule has 2 unspecified atom stereocenters. The summed E-state index contributed by atoms with van der Waals surface area (Å²) in [6.45, 7) is 3.76. The third kappa shape index (κ3) is 2.67. The molecule has 20 heavy (non-hydrogen) atoms. The van der Waals surface area contributed by atoms with Crippen molar-refractivity contribution in [3.05, 3.63) is 0 Å². The van der Waals surface area contributed by atoms with Gasteiger partial charge in [-0.05, 0) is 68.6 Å². The van der Waals surface area contributed by atoms with Crippen LogP contribution in [0.15, 0.2) is 0 Å². The summed E-state index contributed by atoms with van der Waals surface area (Å²) in [6.07, 6.45) is 9.34. The molecule has 1 heterocycles. The van der Waals surface area contributed by atoms with Crippen molar-refractivity contribution < 1.29 is 0 Å². The molecule has 4 bridgehead atoms. The number of thioether (sulfide) groups is 2. The van der Waals surface area contributed by atoms with Gasteiger partial charge in [-0.25, -0.2) is 0 Å². The van der Waals surface area contributed by atoms with E-state index in [1.54, 1.807) is 38.5 Å². The molecule has 3 heteroatoms. The van der Waals surface area contributed by atoms with Crippen molar-refractivity contribution in [2.24, 2.45) is 23.2 Å². The van der Waals surface area contributed by atoms with Crippen LogP contribution in [-0.4, -0.2) is 35.1 Å². The molecular formula is C17H29NS2. The van der Waals surface area contributed by atoms with Gasteiger partial charge in [0.15, 0.2) is 0 Å². The molecule has 0 amide bonds. The van der Waals surface area contributed by atoms with Gasteiger partial charge in [0.2, 0.25) is 0 Å². The van der Waals surface area contributed by atoms with E-state index in [9.17, 15) is 0 Å². The second-order valence-corrected chi connectivity index (χ2v) is 10.5. The summed E-state index contributed by atoms with van der Waals surface area (Å²) < 4.78 is 0. The Hall–Kier alpha value is 0.660. The average molecular weight is 312 g/mol. The van der Waals surface area contributed by atoms with E-state index in [-0.39, 0.29) is 0 Å². The molecule has 4 saturated carbocycles. The van der Waals surface area contributed by atoms with E-state index in [1.165, 1.54) is 23.8 Å². The smallest absolute Gasteiger partial charge is 0.0263 e. The quantitative estimate of drug-likeness (QED) is 0.842. The molecule has 5 aliphatic rings. The molecule has 0 spiro atoms. The van der Waals surface area contributed by atoms with Gasteiger partial charge >= 0.3 is 0 Å². The Morgan fingerprint density at radius 3 is 2.25 bits per heavy atom. The Kier molecular flexibility index (Phi) is 4.06. The van der Waals surface area contributed by atoms with Gasteiger partial charge in [-0.3, -0.25) is 0 Å². The zero-order valence-corrected chi connectivity index (χ0v) is 14.4. The van der Waals surface area contributed by atoms with Crippen LogP contribution in [-0.2, 0) is 0 Å². The Morgan fingerprint density at radius 2 is 1.70 bits per heavy atom. The molecule has 0 aromatic carbocycles. The molecule has 1 N–H and O–H groups in total. The Morgan fingerprint density at radius 1 is 1.05 bits per heavy atom. The molecule has 4 aliphatic carbocycles. The molecule has 114 valence electrons. The Labute approximate surface area is 132 Å². The lowest BCUT2D eigenvalue weighted by Gasteiger charge is -2.59. The molecule has 5 rings (SSSR count). The molecule has 5 fully saturated rings. The Balaban J connectivity index is 1.36. The van der Waals surface area contributed by atoms with Crippen LogP contribution in [0.4, 0.5) is 0 Å². The van der Waals surface area contributed by atoms with Crippen LogP contribution in [0.25, 0.3) is 0 Å².